The van der Waals surface area contributed by atoms with Crippen LogP contribution in [0.25, 0.3) is 0 Å². The third-order valence-corrected chi connectivity index (χ3v) is 3.88. The third-order valence-electron chi connectivity index (χ3n) is 3.88. The fourth-order valence-electron chi connectivity index (χ4n) is 2.73. The van der Waals surface area contributed by atoms with Crippen molar-refractivity contribution in [3.05, 3.63) is 47.5 Å². The van der Waals surface area contributed by atoms with Crippen LogP contribution in [0.5, 0.6) is 11.5 Å². The van der Waals surface area contributed by atoms with Crippen LogP contribution in [0.3, 0.4) is 0 Å². The minimum Gasteiger partial charge on any atom is -0.493 e. The number of rotatable bonds is 3. The standard InChI is InChI=1S/C17H18N2O3/c1-21-15-6-4-12(9-16(15)22-2)17(20)19-8-7-11-3-5-13(18)10-14(11)19/h3-6,9-10H,7-8,18H2,1-2H3. The predicted octanol–water partition coefficient (Wildman–Crippen LogP) is 2.49. The van der Waals surface area contributed by atoms with Crippen LogP contribution in [0.4, 0.5) is 11.4 Å². The number of nitrogens with two attached hydrogens (primary N) is 1. The van der Waals surface area contributed by atoms with Crippen molar-refractivity contribution in [2.45, 2.75) is 6.42 Å². The number of carbonyl (C=O) groups excluding carboxylic acids is 1. The number of nitrogens with zero attached hydrogens (tertiary/aromatic N) is 1. The molecule has 0 bridgehead atoms. The van der Waals surface area contributed by atoms with E-state index in [-0.39, 0.29) is 5.91 Å². The lowest BCUT2D eigenvalue weighted by Gasteiger charge is -2.18. The van der Waals surface area contributed by atoms with Gasteiger partial charge in [-0.3, -0.25) is 4.79 Å². The summed E-state index contributed by atoms with van der Waals surface area (Å²) in [6.07, 6.45) is 0.842. The highest BCUT2D eigenvalue weighted by atomic mass is 16.5. The summed E-state index contributed by atoms with van der Waals surface area (Å²) in [5.74, 6) is 1.08. The normalized spacial score (nSPS) is 12.9. The van der Waals surface area contributed by atoms with Crippen molar-refractivity contribution < 1.29 is 14.3 Å². The Morgan fingerprint density at radius 2 is 1.86 bits per heavy atom. The first kappa shape index (κ1) is 14.3. The van der Waals surface area contributed by atoms with Gasteiger partial charge in [0, 0.05) is 23.5 Å². The molecule has 5 nitrogen and oxygen atoms in total. The number of anilines is 2. The minimum atomic E-state index is -0.0645. The van der Waals surface area contributed by atoms with E-state index in [9.17, 15) is 4.79 Å². The van der Waals surface area contributed by atoms with Gasteiger partial charge in [-0.15, -0.1) is 0 Å². The Balaban J connectivity index is 1.95. The molecule has 0 spiro atoms. The first-order valence-corrected chi connectivity index (χ1v) is 7.06. The van der Waals surface area contributed by atoms with E-state index < -0.39 is 0 Å². The van der Waals surface area contributed by atoms with Gasteiger partial charge in [0.1, 0.15) is 0 Å². The molecule has 2 aromatic rings. The Morgan fingerprint density at radius 1 is 1.09 bits per heavy atom. The molecule has 5 heteroatoms. The SMILES string of the molecule is COc1ccc(C(=O)N2CCc3ccc(N)cc32)cc1OC. The molecule has 1 aliphatic rings. The van der Waals surface area contributed by atoms with E-state index in [1.807, 2.05) is 18.2 Å². The Hall–Kier alpha value is -2.69. The molecular weight excluding hydrogens is 280 g/mol. The maximum atomic E-state index is 12.8. The summed E-state index contributed by atoms with van der Waals surface area (Å²) in [6.45, 7) is 0.659. The maximum absolute atomic E-state index is 12.8. The lowest BCUT2D eigenvalue weighted by molar-refractivity contribution is 0.0989. The quantitative estimate of drug-likeness (QED) is 0.884. The van der Waals surface area contributed by atoms with Crippen LogP contribution < -0.4 is 20.1 Å². The molecule has 1 aliphatic heterocycles. The van der Waals surface area contributed by atoms with Crippen LogP contribution in [-0.2, 0) is 6.42 Å². The number of hydrogen-bond donors (Lipinski definition) is 1. The van der Waals surface area contributed by atoms with Crippen molar-refractivity contribution in [2.75, 3.05) is 31.4 Å². The molecule has 1 heterocycles. The van der Waals surface area contributed by atoms with Gasteiger partial charge in [-0.05, 0) is 42.3 Å². The van der Waals surface area contributed by atoms with E-state index in [1.54, 1.807) is 37.3 Å². The zero-order valence-corrected chi connectivity index (χ0v) is 12.6. The smallest absolute Gasteiger partial charge is 0.258 e. The van der Waals surface area contributed by atoms with Crippen molar-refractivity contribution in [3.8, 4) is 11.5 Å². The van der Waals surface area contributed by atoms with Crippen LogP contribution in [0.15, 0.2) is 36.4 Å². The lowest BCUT2D eigenvalue weighted by atomic mass is 10.1. The molecule has 0 unspecified atom stereocenters. The first-order valence-electron chi connectivity index (χ1n) is 7.06. The number of benzene rings is 2. The van der Waals surface area contributed by atoms with E-state index in [0.29, 0.717) is 29.3 Å². The molecule has 0 saturated heterocycles. The molecule has 1 amide bonds. The van der Waals surface area contributed by atoms with Crippen molar-refractivity contribution in [2.24, 2.45) is 0 Å². The molecule has 2 N–H and O–H groups in total. The zero-order valence-electron chi connectivity index (χ0n) is 12.6. The highest BCUT2D eigenvalue weighted by Crippen LogP contribution is 2.33. The summed E-state index contributed by atoms with van der Waals surface area (Å²) < 4.78 is 10.5. The first-order chi connectivity index (χ1) is 10.6. The summed E-state index contributed by atoms with van der Waals surface area (Å²) in [7, 11) is 3.12. The largest absolute Gasteiger partial charge is 0.493 e. The molecule has 0 radical (unpaired) electrons. The highest BCUT2D eigenvalue weighted by molar-refractivity contribution is 6.07. The molecule has 114 valence electrons. The fourth-order valence-corrected chi connectivity index (χ4v) is 2.73. The van der Waals surface area contributed by atoms with E-state index in [0.717, 1.165) is 17.7 Å². The third kappa shape index (κ3) is 2.35. The van der Waals surface area contributed by atoms with E-state index in [1.165, 1.54) is 0 Å². The number of nitrogen functional groups attached to an aromatic ring is 1. The average Bonchev–Trinajstić information content (AvgIpc) is 2.96. The van der Waals surface area contributed by atoms with Gasteiger partial charge in [-0.2, -0.15) is 0 Å². The molecule has 22 heavy (non-hydrogen) atoms. The highest BCUT2D eigenvalue weighted by Gasteiger charge is 2.26. The Labute approximate surface area is 129 Å². The van der Waals surface area contributed by atoms with E-state index in [4.69, 9.17) is 15.2 Å². The van der Waals surface area contributed by atoms with Crippen LogP contribution in [0.2, 0.25) is 0 Å². The van der Waals surface area contributed by atoms with Crippen LogP contribution >= 0.6 is 0 Å². The summed E-state index contributed by atoms with van der Waals surface area (Å²) >= 11 is 0. The topological polar surface area (TPSA) is 64.8 Å². The second-order valence-corrected chi connectivity index (χ2v) is 5.16. The monoisotopic (exact) mass is 298 g/mol. The summed E-state index contributed by atoms with van der Waals surface area (Å²) in [5, 5.41) is 0. The second-order valence-electron chi connectivity index (χ2n) is 5.16. The van der Waals surface area contributed by atoms with Gasteiger partial charge in [0.2, 0.25) is 0 Å². The zero-order chi connectivity index (χ0) is 15.7. The molecular formula is C17H18N2O3. The minimum absolute atomic E-state index is 0.0645. The van der Waals surface area contributed by atoms with Gasteiger partial charge < -0.3 is 20.1 Å². The van der Waals surface area contributed by atoms with Gasteiger partial charge in [0.15, 0.2) is 11.5 Å². The molecule has 0 aliphatic carbocycles. The number of carbonyl (C=O) groups is 1. The number of hydrogen-bond acceptors (Lipinski definition) is 4. The second kappa shape index (κ2) is 5.60. The van der Waals surface area contributed by atoms with Gasteiger partial charge in [-0.1, -0.05) is 6.07 Å². The number of amides is 1. The van der Waals surface area contributed by atoms with Crippen molar-refractivity contribution in [3.63, 3.8) is 0 Å². The maximum Gasteiger partial charge on any atom is 0.258 e. The van der Waals surface area contributed by atoms with Gasteiger partial charge in [0.25, 0.3) is 5.91 Å². The predicted molar refractivity (Wildman–Crippen MR) is 85.8 cm³/mol. The molecule has 0 fully saturated rings. The van der Waals surface area contributed by atoms with Crippen LogP contribution in [-0.4, -0.2) is 26.7 Å². The number of ether oxygens (including phenoxy) is 2. The van der Waals surface area contributed by atoms with Crippen LogP contribution in [0, 0.1) is 0 Å². The molecule has 2 aromatic carbocycles. The van der Waals surface area contributed by atoms with Gasteiger partial charge in [0.05, 0.1) is 14.2 Å². The summed E-state index contributed by atoms with van der Waals surface area (Å²) in [4.78, 5) is 14.5. The number of fused-ring (bicyclic) bond motifs is 1. The van der Waals surface area contributed by atoms with Crippen LogP contribution in [0.1, 0.15) is 15.9 Å². The van der Waals surface area contributed by atoms with E-state index >= 15 is 0 Å². The lowest BCUT2D eigenvalue weighted by Crippen LogP contribution is -2.28. The van der Waals surface area contributed by atoms with Gasteiger partial charge >= 0.3 is 0 Å². The molecule has 0 aromatic heterocycles. The van der Waals surface area contributed by atoms with Crippen molar-refractivity contribution in [1.82, 2.24) is 0 Å². The summed E-state index contributed by atoms with van der Waals surface area (Å²) in [5.41, 5.74) is 9.09. The molecule has 0 saturated carbocycles. The van der Waals surface area contributed by atoms with Gasteiger partial charge in [-0.25, -0.2) is 0 Å². The average molecular weight is 298 g/mol. The molecule has 0 atom stereocenters. The summed E-state index contributed by atoms with van der Waals surface area (Å²) in [6, 6.07) is 10.9. The Kier molecular flexibility index (Phi) is 3.63. The van der Waals surface area contributed by atoms with Crippen molar-refractivity contribution >= 4 is 17.3 Å². The fraction of sp³-hybridized carbons (Fsp3) is 0.235. The Morgan fingerprint density at radius 3 is 2.59 bits per heavy atom. The van der Waals surface area contributed by atoms with Crippen molar-refractivity contribution in [1.29, 1.82) is 0 Å². The number of methoxy groups -OCH3 is 2. The van der Waals surface area contributed by atoms with E-state index in [2.05, 4.69) is 0 Å². The molecule has 3 rings (SSSR count). The Bertz CT molecular complexity index is 728.